The lowest BCUT2D eigenvalue weighted by atomic mass is 10.1. The van der Waals surface area contributed by atoms with Crippen molar-refractivity contribution < 1.29 is 14.1 Å². The molecule has 0 aliphatic rings. The van der Waals surface area contributed by atoms with Crippen LogP contribution in [0.25, 0.3) is 17.0 Å². The number of benzene rings is 1. The third kappa shape index (κ3) is 3.19. The molecule has 4 rings (SSSR count). The highest BCUT2D eigenvalue weighted by atomic mass is 16.6. The summed E-state index contributed by atoms with van der Waals surface area (Å²) in [6.45, 7) is 3.87. The minimum absolute atomic E-state index is 0.107. The minimum Gasteiger partial charge on any atom is -0.451 e. The SMILES string of the molecule is Cc1ccc(-c2noc(COC(=O)c3cn4ccc(C)cc4n3)n2)cc1. The van der Waals surface area contributed by atoms with E-state index in [1.165, 1.54) is 0 Å². The zero-order valence-corrected chi connectivity index (χ0v) is 14.3. The van der Waals surface area contributed by atoms with Gasteiger partial charge in [-0.3, -0.25) is 0 Å². The molecule has 0 unspecified atom stereocenters. The molecule has 0 saturated heterocycles. The van der Waals surface area contributed by atoms with Crippen molar-refractivity contribution >= 4 is 11.6 Å². The number of hydrogen-bond acceptors (Lipinski definition) is 6. The second-order valence-electron chi connectivity index (χ2n) is 6.05. The van der Waals surface area contributed by atoms with E-state index in [4.69, 9.17) is 9.26 Å². The molecule has 3 aromatic heterocycles. The largest absolute Gasteiger partial charge is 0.451 e. The molecule has 0 amide bonds. The highest BCUT2D eigenvalue weighted by molar-refractivity contribution is 5.87. The first-order valence-electron chi connectivity index (χ1n) is 8.10. The van der Waals surface area contributed by atoms with Crippen LogP contribution in [0.2, 0.25) is 0 Å². The van der Waals surface area contributed by atoms with E-state index in [2.05, 4.69) is 15.1 Å². The molecule has 7 nitrogen and oxygen atoms in total. The van der Waals surface area contributed by atoms with Gasteiger partial charge in [0.1, 0.15) is 5.65 Å². The molecule has 130 valence electrons. The monoisotopic (exact) mass is 348 g/mol. The summed E-state index contributed by atoms with van der Waals surface area (Å²) in [5.74, 6) is 0.147. The molecule has 0 spiro atoms. The van der Waals surface area contributed by atoms with Crippen LogP contribution in [0.5, 0.6) is 0 Å². The van der Waals surface area contributed by atoms with E-state index in [-0.39, 0.29) is 18.2 Å². The lowest BCUT2D eigenvalue weighted by molar-refractivity contribution is 0.0423. The van der Waals surface area contributed by atoms with Crippen LogP contribution < -0.4 is 0 Å². The number of hydrogen-bond donors (Lipinski definition) is 0. The van der Waals surface area contributed by atoms with E-state index in [1.807, 2.05) is 56.4 Å². The first kappa shape index (κ1) is 16.0. The molecule has 0 aliphatic heterocycles. The van der Waals surface area contributed by atoms with Crippen molar-refractivity contribution in [3.8, 4) is 11.4 Å². The van der Waals surface area contributed by atoms with Gasteiger partial charge in [-0.2, -0.15) is 4.98 Å². The molecule has 7 heteroatoms. The third-order valence-electron chi connectivity index (χ3n) is 3.93. The maximum absolute atomic E-state index is 12.2. The van der Waals surface area contributed by atoms with Gasteiger partial charge in [-0.1, -0.05) is 35.0 Å². The summed E-state index contributed by atoms with van der Waals surface area (Å²) in [6.07, 6.45) is 3.48. The minimum atomic E-state index is -0.540. The Morgan fingerprint density at radius 2 is 1.92 bits per heavy atom. The molecular weight excluding hydrogens is 332 g/mol. The number of aryl methyl sites for hydroxylation is 2. The second kappa shape index (κ2) is 6.44. The van der Waals surface area contributed by atoms with E-state index in [0.29, 0.717) is 11.5 Å². The molecule has 3 heterocycles. The molecule has 0 radical (unpaired) electrons. The lowest BCUT2D eigenvalue weighted by Gasteiger charge is -1.97. The maximum atomic E-state index is 12.2. The maximum Gasteiger partial charge on any atom is 0.359 e. The molecule has 1 aromatic carbocycles. The summed E-state index contributed by atoms with van der Waals surface area (Å²) in [7, 11) is 0. The van der Waals surface area contributed by atoms with E-state index < -0.39 is 5.97 Å². The first-order valence-corrected chi connectivity index (χ1v) is 8.10. The van der Waals surface area contributed by atoms with Gasteiger partial charge >= 0.3 is 5.97 Å². The van der Waals surface area contributed by atoms with Crippen LogP contribution in [0, 0.1) is 13.8 Å². The molecule has 0 saturated carbocycles. The topological polar surface area (TPSA) is 82.5 Å². The normalized spacial score (nSPS) is 11.0. The van der Waals surface area contributed by atoms with Crippen LogP contribution in [0.1, 0.15) is 27.5 Å². The number of nitrogens with zero attached hydrogens (tertiary/aromatic N) is 4. The lowest BCUT2D eigenvalue weighted by Crippen LogP contribution is -2.05. The average Bonchev–Trinajstić information content (AvgIpc) is 3.27. The number of pyridine rings is 1. The van der Waals surface area contributed by atoms with Gasteiger partial charge < -0.3 is 13.7 Å². The standard InChI is InChI=1S/C19H16N4O3/c1-12-3-5-14(6-4-12)18-21-17(26-22-18)11-25-19(24)15-10-23-8-7-13(2)9-16(23)20-15/h3-10H,11H2,1-2H3. The van der Waals surface area contributed by atoms with E-state index >= 15 is 0 Å². The van der Waals surface area contributed by atoms with Gasteiger partial charge in [-0.05, 0) is 31.5 Å². The highest BCUT2D eigenvalue weighted by Crippen LogP contribution is 2.17. The average molecular weight is 348 g/mol. The van der Waals surface area contributed by atoms with Crippen LogP contribution in [0.4, 0.5) is 0 Å². The van der Waals surface area contributed by atoms with E-state index in [9.17, 15) is 4.79 Å². The molecule has 0 bridgehead atoms. The number of aromatic nitrogens is 4. The van der Waals surface area contributed by atoms with Crippen molar-refractivity contribution in [3.63, 3.8) is 0 Å². The summed E-state index contributed by atoms with van der Waals surface area (Å²) < 4.78 is 12.1. The summed E-state index contributed by atoms with van der Waals surface area (Å²) in [6, 6.07) is 11.6. The number of esters is 1. The molecule has 0 aliphatic carbocycles. The number of ether oxygens (including phenoxy) is 1. The highest BCUT2D eigenvalue weighted by Gasteiger charge is 2.15. The van der Waals surface area contributed by atoms with Crippen LogP contribution >= 0.6 is 0 Å². The Morgan fingerprint density at radius 1 is 1.12 bits per heavy atom. The fraction of sp³-hybridized carbons (Fsp3) is 0.158. The van der Waals surface area contributed by atoms with Gasteiger partial charge in [0.2, 0.25) is 5.82 Å². The molecule has 0 N–H and O–H groups in total. The Balaban J connectivity index is 1.44. The van der Waals surface area contributed by atoms with Crippen LogP contribution in [-0.2, 0) is 11.3 Å². The summed E-state index contributed by atoms with van der Waals surface area (Å²) in [4.78, 5) is 20.7. The Bertz CT molecular complexity index is 1080. The second-order valence-corrected chi connectivity index (χ2v) is 6.05. The molecule has 0 atom stereocenters. The number of carbonyl (C=O) groups is 1. The fourth-order valence-electron chi connectivity index (χ4n) is 2.52. The van der Waals surface area contributed by atoms with Crippen LogP contribution in [0.3, 0.4) is 0 Å². The predicted octanol–water partition coefficient (Wildman–Crippen LogP) is 3.36. The molecular formula is C19H16N4O3. The van der Waals surface area contributed by atoms with Gasteiger partial charge in [0, 0.05) is 18.0 Å². The molecule has 0 fully saturated rings. The Labute approximate surface area is 149 Å². The predicted molar refractivity (Wildman–Crippen MR) is 93.5 cm³/mol. The van der Waals surface area contributed by atoms with Gasteiger partial charge in [0.15, 0.2) is 12.3 Å². The Morgan fingerprint density at radius 3 is 2.73 bits per heavy atom. The molecule has 4 aromatic rings. The quantitative estimate of drug-likeness (QED) is 0.526. The van der Waals surface area contributed by atoms with E-state index in [1.54, 1.807) is 10.6 Å². The van der Waals surface area contributed by atoms with Crippen molar-refractivity contribution in [2.75, 3.05) is 0 Å². The van der Waals surface area contributed by atoms with Crippen molar-refractivity contribution in [2.45, 2.75) is 20.5 Å². The summed E-state index contributed by atoms with van der Waals surface area (Å²) >= 11 is 0. The van der Waals surface area contributed by atoms with Crippen molar-refractivity contribution in [3.05, 3.63) is 71.5 Å². The Hall–Kier alpha value is -3.48. The van der Waals surface area contributed by atoms with Gasteiger partial charge in [-0.25, -0.2) is 9.78 Å². The number of rotatable bonds is 4. The Kier molecular flexibility index (Phi) is 3.96. The smallest absolute Gasteiger partial charge is 0.359 e. The third-order valence-corrected chi connectivity index (χ3v) is 3.93. The molecule has 26 heavy (non-hydrogen) atoms. The van der Waals surface area contributed by atoms with Crippen LogP contribution in [0.15, 0.2) is 53.3 Å². The van der Waals surface area contributed by atoms with Gasteiger partial charge in [-0.15, -0.1) is 0 Å². The fourth-order valence-corrected chi connectivity index (χ4v) is 2.52. The van der Waals surface area contributed by atoms with E-state index in [0.717, 1.165) is 16.7 Å². The van der Waals surface area contributed by atoms with Crippen LogP contribution in [-0.4, -0.2) is 25.5 Å². The van der Waals surface area contributed by atoms with Crippen molar-refractivity contribution in [1.82, 2.24) is 19.5 Å². The van der Waals surface area contributed by atoms with Crippen molar-refractivity contribution in [1.29, 1.82) is 0 Å². The number of imidazole rings is 1. The summed E-state index contributed by atoms with van der Waals surface area (Å²) in [5, 5.41) is 3.91. The first-order chi connectivity index (χ1) is 12.6. The number of fused-ring (bicyclic) bond motifs is 1. The van der Waals surface area contributed by atoms with Crippen molar-refractivity contribution in [2.24, 2.45) is 0 Å². The van der Waals surface area contributed by atoms with Gasteiger partial charge in [0.05, 0.1) is 0 Å². The van der Waals surface area contributed by atoms with Gasteiger partial charge in [0.25, 0.3) is 5.89 Å². The summed E-state index contributed by atoms with van der Waals surface area (Å²) in [5.41, 5.74) is 3.98. The number of carbonyl (C=O) groups excluding carboxylic acids is 1. The zero-order valence-electron chi connectivity index (χ0n) is 14.3. The zero-order chi connectivity index (χ0) is 18.1.